The topological polar surface area (TPSA) is 41.5 Å². The number of hydrazone groups is 1. The van der Waals surface area contributed by atoms with Crippen LogP contribution in [0, 0.1) is 6.92 Å². The predicted octanol–water partition coefficient (Wildman–Crippen LogP) is 2.92. The van der Waals surface area contributed by atoms with E-state index in [-0.39, 0.29) is 5.91 Å². The molecule has 1 aliphatic heterocycles. The van der Waals surface area contributed by atoms with Gasteiger partial charge in [0.2, 0.25) is 5.91 Å². The normalized spacial score (nSPS) is 15.7. The van der Waals surface area contributed by atoms with Gasteiger partial charge in [0.15, 0.2) is 0 Å². The highest BCUT2D eigenvalue weighted by Crippen LogP contribution is 2.26. The molecule has 0 aliphatic carbocycles. The van der Waals surface area contributed by atoms with Crippen LogP contribution in [-0.2, 0) is 4.79 Å². The van der Waals surface area contributed by atoms with Gasteiger partial charge < -0.3 is 0 Å². The molecule has 3 nitrogen and oxygen atoms in total. The molecule has 0 atom stereocenters. The Morgan fingerprint density at radius 1 is 1.25 bits per heavy atom. The zero-order chi connectivity index (χ0) is 11.7. The Labute approximate surface area is 103 Å². The van der Waals surface area contributed by atoms with Crippen molar-refractivity contribution in [1.29, 1.82) is 0 Å². The number of hydrogen-bond donors (Lipinski definition) is 1. The van der Waals surface area contributed by atoms with E-state index in [1.807, 2.05) is 19.1 Å². The highest BCUT2D eigenvalue weighted by Gasteiger charge is 2.15. The van der Waals surface area contributed by atoms with E-state index in [9.17, 15) is 4.79 Å². The Kier molecular flexibility index (Phi) is 3.17. The van der Waals surface area contributed by atoms with E-state index in [0.717, 1.165) is 16.8 Å². The summed E-state index contributed by atoms with van der Waals surface area (Å²) in [6.45, 7) is 1.86. The highest BCUT2D eigenvalue weighted by molar-refractivity contribution is 6.36. The number of amides is 1. The lowest BCUT2D eigenvalue weighted by molar-refractivity contribution is -0.121. The zero-order valence-corrected chi connectivity index (χ0v) is 10.2. The van der Waals surface area contributed by atoms with Gasteiger partial charge in [-0.1, -0.05) is 23.2 Å². The first-order valence-corrected chi connectivity index (χ1v) is 5.65. The standard InChI is InChI=1S/C11H10Cl2N2O/c1-6-8(12)4-7(5-9(6)13)10-2-3-11(16)15-14-10/h4-5H,2-3H2,1H3,(H,15,16). The molecule has 0 fully saturated rings. The largest absolute Gasteiger partial charge is 0.273 e. The van der Waals surface area contributed by atoms with Crippen LogP contribution in [0.25, 0.3) is 0 Å². The Balaban J connectivity index is 2.38. The third kappa shape index (κ3) is 2.20. The van der Waals surface area contributed by atoms with Crippen molar-refractivity contribution in [2.45, 2.75) is 19.8 Å². The minimum Gasteiger partial charge on any atom is -0.273 e. The smallest absolute Gasteiger partial charge is 0.240 e. The fraction of sp³-hybridized carbons (Fsp3) is 0.273. The summed E-state index contributed by atoms with van der Waals surface area (Å²) in [5.74, 6) is -0.0620. The summed E-state index contributed by atoms with van der Waals surface area (Å²) in [6.07, 6.45) is 1.06. The molecule has 1 aliphatic rings. The minimum atomic E-state index is -0.0620. The summed E-state index contributed by atoms with van der Waals surface area (Å²) in [7, 11) is 0. The summed E-state index contributed by atoms with van der Waals surface area (Å²) >= 11 is 12.1. The Morgan fingerprint density at radius 2 is 1.88 bits per heavy atom. The molecule has 1 amide bonds. The molecule has 16 heavy (non-hydrogen) atoms. The minimum absolute atomic E-state index is 0.0620. The van der Waals surface area contributed by atoms with Crippen LogP contribution in [0.3, 0.4) is 0 Å². The van der Waals surface area contributed by atoms with Crippen molar-refractivity contribution in [1.82, 2.24) is 5.43 Å². The molecular formula is C11H10Cl2N2O. The van der Waals surface area contributed by atoms with Crippen LogP contribution in [0.15, 0.2) is 17.2 Å². The fourth-order valence-electron chi connectivity index (χ4n) is 1.49. The second kappa shape index (κ2) is 4.44. The zero-order valence-electron chi connectivity index (χ0n) is 8.68. The number of benzene rings is 1. The van der Waals surface area contributed by atoms with Gasteiger partial charge in [0.25, 0.3) is 0 Å². The molecule has 84 valence electrons. The van der Waals surface area contributed by atoms with Crippen molar-refractivity contribution in [3.05, 3.63) is 33.3 Å². The number of nitrogens with zero attached hydrogens (tertiary/aromatic N) is 1. The van der Waals surface area contributed by atoms with Crippen molar-refractivity contribution in [2.75, 3.05) is 0 Å². The summed E-state index contributed by atoms with van der Waals surface area (Å²) in [5.41, 5.74) is 4.97. The van der Waals surface area contributed by atoms with E-state index in [4.69, 9.17) is 23.2 Å². The van der Waals surface area contributed by atoms with E-state index in [2.05, 4.69) is 10.5 Å². The number of carbonyl (C=O) groups excluding carboxylic acids is 1. The average molecular weight is 257 g/mol. The molecule has 0 aromatic heterocycles. The van der Waals surface area contributed by atoms with Gasteiger partial charge >= 0.3 is 0 Å². The van der Waals surface area contributed by atoms with Gasteiger partial charge in [-0.25, -0.2) is 5.43 Å². The number of hydrogen-bond acceptors (Lipinski definition) is 2. The molecule has 1 aromatic rings. The van der Waals surface area contributed by atoms with Crippen LogP contribution >= 0.6 is 23.2 Å². The van der Waals surface area contributed by atoms with E-state index >= 15 is 0 Å². The fourth-order valence-corrected chi connectivity index (χ4v) is 1.98. The van der Waals surface area contributed by atoms with Crippen LogP contribution < -0.4 is 5.43 Å². The lowest BCUT2D eigenvalue weighted by atomic mass is 10.0. The van der Waals surface area contributed by atoms with E-state index in [1.54, 1.807) is 0 Å². The molecule has 5 heteroatoms. The summed E-state index contributed by atoms with van der Waals surface area (Å²) < 4.78 is 0. The first-order chi connectivity index (χ1) is 7.58. The molecule has 2 rings (SSSR count). The van der Waals surface area contributed by atoms with E-state index < -0.39 is 0 Å². The average Bonchev–Trinajstić information content (AvgIpc) is 2.26. The van der Waals surface area contributed by atoms with Gasteiger partial charge in [0.1, 0.15) is 0 Å². The quantitative estimate of drug-likeness (QED) is 0.825. The number of nitrogens with one attached hydrogen (secondary N) is 1. The predicted molar refractivity (Wildman–Crippen MR) is 65.1 cm³/mol. The molecule has 1 heterocycles. The molecule has 0 unspecified atom stereocenters. The van der Waals surface area contributed by atoms with E-state index in [1.165, 1.54) is 0 Å². The molecule has 1 aromatic carbocycles. The van der Waals surface area contributed by atoms with Gasteiger partial charge in [0, 0.05) is 28.5 Å². The maximum absolute atomic E-state index is 11.0. The third-order valence-corrected chi connectivity index (χ3v) is 3.30. The molecule has 0 radical (unpaired) electrons. The number of carbonyl (C=O) groups is 1. The van der Waals surface area contributed by atoms with Gasteiger partial charge in [-0.05, 0) is 24.6 Å². The van der Waals surface area contributed by atoms with Crippen LogP contribution in [-0.4, -0.2) is 11.6 Å². The first kappa shape index (κ1) is 11.4. The van der Waals surface area contributed by atoms with Crippen LogP contribution in [0.5, 0.6) is 0 Å². The van der Waals surface area contributed by atoms with Crippen molar-refractivity contribution < 1.29 is 4.79 Å². The van der Waals surface area contributed by atoms with Gasteiger partial charge in [-0.2, -0.15) is 5.10 Å². The van der Waals surface area contributed by atoms with Crippen molar-refractivity contribution in [3.8, 4) is 0 Å². The Hall–Kier alpha value is -1.06. The third-order valence-electron chi connectivity index (χ3n) is 2.52. The SMILES string of the molecule is Cc1c(Cl)cc(C2=NNC(=O)CC2)cc1Cl. The van der Waals surface area contributed by atoms with Gasteiger partial charge in [-0.3, -0.25) is 4.79 Å². The second-order valence-corrected chi connectivity index (χ2v) is 4.47. The number of rotatable bonds is 1. The van der Waals surface area contributed by atoms with Crippen molar-refractivity contribution >= 4 is 34.8 Å². The summed E-state index contributed by atoms with van der Waals surface area (Å²) in [4.78, 5) is 11.0. The lowest BCUT2D eigenvalue weighted by Gasteiger charge is -2.13. The highest BCUT2D eigenvalue weighted by atomic mass is 35.5. The van der Waals surface area contributed by atoms with Crippen LogP contribution in [0.1, 0.15) is 24.0 Å². The lowest BCUT2D eigenvalue weighted by Crippen LogP contribution is -2.25. The molecular weight excluding hydrogens is 247 g/mol. The maximum Gasteiger partial charge on any atom is 0.240 e. The Bertz CT molecular complexity index is 460. The monoisotopic (exact) mass is 256 g/mol. The summed E-state index contributed by atoms with van der Waals surface area (Å²) in [6, 6.07) is 3.64. The molecule has 1 N–H and O–H groups in total. The van der Waals surface area contributed by atoms with Gasteiger partial charge in [0.05, 0.1) is 5.71 Å². The number of halogens is 2. The molecule has 0 saturated heterocycles. The van der Waals surface area contributed by atoms with Crippen LogP contribution in [0.4, 0.5) is 0 Å². The summed E-state index contributed by atoms with van der Waals surface area (Å²) in [5, 5.41) is 5.22. The second-order valence-electron chi connectivity index (χ2n) is 3.66. The van der Waals surface area contributed by atoms with Crippen molar-refractivity contribution in [2.24, 2.45) is 5.10 Å². The molecule has 0 bridgehead atoms. The van der Waals surface area contributed by atoms with Gasteiger partial charge in [-0.15, -0.1) is 0 Å². The van der Waals surface area contributed by atoms with Crippen molar-refractivity contribution in [3.63, 3.8) is 0 Å². The van der Waals surface area contributed by atoms with E-state index in [0.29, 0.717) is 22.9 Å². The molecule has 0 saturated carbocycles. The Morgan fingerprint density at radius 3 is 2.38 bits per heavy atom. The van der Waals surface area contributed by atoms with Crippen LogP contribution in [0.2, 0.25) is 10.0 Å². The maximum atomic E-state index is 11.0. The first-order valence-electron chi connectivity index (χ1n) is 4.89. The molecule has 0 spiro atoms.